The van der Waals surface area contributed by atoms with Crippen molar-refractivity contribution in [3.05, 3.63) is 35.6 Å². The van der Waals surface area contributed by atoms with Crippen LogP contribution in [0.4, 0.5) is 4.39 Å². The summed E-state index contributed by atoms with van der Waals surface area (Å²) in [6.07, 6.45) is 2.53. The molecular weight excluding hydrogens is 291 g/mol. The zero-order chi connectivity index (χ0) is 15.4. The first-order valence-corrected chi connectivity index (χ1v) is 8.88. The van der Waals surface area contributed by atoms with Gasteiger partial charge in [-0.25, -0.2) is 4.39 Å². The van der Waals surface area contributed by atoms with Crippen molar-refractivity contribution in [3.63, 3.8) is 0 Å². The summed E-state index contributed by atoms with van der Waals surface area (Å²) in [5.41, 5.74) is 0.486. The average Bonchev–Trinajstić information content (AvgIpc) is 2.76. The number of benzene rings is 1. The molecule has 1 aliphatic rings. The van der Waals surface area contributed by atoms with Crippen LogP contribution in [0.25, 0.3) is 0 Å². The highest BCUT2D eigenvalue weighted by atomic mass is 32.2. The summed E-state index contributed by atoms with van der Waals surface area (Å²) in [6.45, 7) is 2.42. The highest BCUT2D eigenvalue weighted by molar-refractivity contribution is 7.84. The fourth-order valence-electron chi connectivity index (χ4n) is 2.60. The first kappa shape index (κ1) is 16.1. The van der Waals surface area contributed by atoms with Gasteiger partial charge in [0.15, 0.2) is 0 Å². The number of rotatable bonds is 6. The van der Waals surface area contributed by atoms with Crippen LogP contribution in [0.2, 0.25) is 0 Å². The minimum Gasteiger partial charge on any atom is -0.321 e. The summed E-state index contributed by atoms with van der Waals surface area (Å²) in [6, 6.07) is 6.23. The summed E-state index contributed by atoms with van der Waals surface area (Å²) in [7, 11) is -0.880. The number of carbonyl (C=O) groups excluding carboxylic acids is 1. The van der Waals surface area contributed by atoms with E-state index in [1.165, 1.54) is 6.07 Å². The topological polar surface area (TPSA) is 49.4 Å². The molecule has 21 heavy (non-hydrogen) atoms. The Morgan fingerprint density at radius 1 is 1.38 bits per heavy atom. The predicted molar refractivity (Wildman–Crippen MR) is 81.6 cm³/mol. The van der Waals surface area contributed by atoms with Gasteiger partial charge in [0.2, 0.25) is 5.91 Å². The van der Waals surface area contributed by atoms with Crippen molar-refractivity contribution in [2.75, 3.05) is 18.6 Å². The summed E-state index contributed by atoms with van der Waals surface area (Å²) in [5, 5.41) is 3.20. The SMILES string of the molecule is CCC1NC(c2ccccc2F)N(CCCS(C)=O)C1=O. The third-order valence-corrected chi connectivity index (χ3v) is 4.55. The van der Waals surface area contributed by atoms with Crippen LogP contribution < -0.4 is 5.32 Å². The zero-order valence-electron chi connectivity index (χ0n) is 12.3. The van der Waals surface area contributed by atoms with E-state index in [4.69, 9.17) is 0 Å². The standard InChI is InChI=1S/C15H21FN2O2S/c1-3-13-15(19)18(9-6-10-21(2)20)14(17-13)11-7-4-5-8-12(11)16/h4-5,7-8,13-14,17H,3,6,9-10H2,1-2H3. The van der Waals surface area contributed by atoms with Crippen LogP contribution in [0.15, 0.2) is 24.3 Å². The second-order valence-electron chi connectivity index (χ2n) is 5.21. The van der Waals surface area contributed by atoms with Gasteiger partial charge in [0, 0.05) is 34.9 Å². The first-order valence-electron chi connectivity index (χ1n) is 7.15. The van der Waals surface area contributed by atoms with E-state index in [1.807, 2.05) is 6.92 Å². The lowest BCUT2D eigenvalue weighted by Gasteiger charge is -2.24. The van der Waals surface area contributed by atoms with Gasteiger partial charge >= 0.3 is 0 Å². The van der Waals surface area contributed by atoms with Crippen LogP contribution >= 0.6 is 0 Å². The van der Waals surface area contributed by atoms with Crippen LogP contribution in [-0.4, -0.2) is 39.6 Å². The molecule has 4 nitrogen and oxygen atoms in total. The lowest BCUT2D eigenvalue weighted by molar-refractivity contribution is -0.130. The number of hydrogen-bond acceptors (Lipinski definition) is 3. The largest absolute Gasteiger partial charge is 0.321 e. The normalized spacial score (nSPS) is 23.6. The highest BCUT2D eigenvalue weighted by Gasteiger charge is 2.39. The molecule has 1 N–H and O–H groups in total. The van der Waals surface area contributed by atoms with Gasteiger partial charge < -0.3 is 4.90 Å². The molecule has 0 aliphatic carbocycles. The molecule has 0 spiro atoms. The van der Waals surface area contributed by atoms with E-state index in [0.717, 1.165) is 0 Å². The molecule has 0 radical (unpaired) electrons. The summed E-state index contributed by atoms with van der Waals surface area (Å²) in [4.78, 5) is 14.0. The Kier molecular flexibility index (Phi) is 5.47. The van der Waals surface area contributed by atoms with Crippen LogP contribution in [0, 0.1) is 5.82 Å². The maximum Gasteiger partial charge on any atom is 0.241 e. The van der Waals surface area contributed by atoms with Crippen LogP contribution in [0.5, 0.6) is 0 Å². The first-order chi connectivity index (χ1) is 10.0. The molecule has 1 aromatic carbocycles. The Morgan fingerprint density at radius 3 is 2.71 bits per heavy atom. The van der Waals surface area contributed by atoms with E-state index in [-0.39, 0.29) is 17.8 Å². The monoisotopic (exact) mass is 312 g/mol. The maximum absolute atomic E-state index is 14.0. The number of hydrogen-bond donors (Lipinski definition) is 1. The molecule has 116 valence electrons. The third kappa shape index (κ3) is 3.68. The third-order valence-electron chi connectivity index (χ3n) is 3.69. The average molecular weight is 312 g/mol. The zero-order valence-corrected chi connectivity index (χ0v) is 13.2. The van der Waals surface area contributed by atoms with Gasteiger partial charge in [0.25, 0.3) is 0 Å². The molecule has 0 saturated carbocycles. The van der Waals surface area contributed by atoms with Crippen molar-refractivity contribution in [1.82, 2.24) is 10.2 Å². The van der Waals surface area contributed by atoms with E-state index in [0.29, 0.717) is 30.7 Å². The highest BCUT2D eigenvalue weighted by Crippen LogP contribution is 2.28. The summed E-state index contributed by atoms with van der Waals surface area (Å²) >= 11 is 0. The van der Waals surface area contributed by atoms with Crippen molar-refractivity contribution in [2.24, 2.45) is 0 Å². The van der Waals surface area contributed by atoms with Gasteiger partial charge in [-0.2, -0.15) is 0 Å². The van der Waals surface area contributed by atoms with Gasteiger partial charge in [0.1, 0.15) is 12.0 Å². The second-order valence-corrected chi connectivity index (χ2v) is 6.77. The lowest BCUT2D eigenvalue weighted by Crippen LogP contribution is -2.32. The van der Waals surface area contributed by atoms with Crippen LogP contribution in [-0.2, 0) is 15.6 Å². The number of carbonyl (C=O) groups is 1. The Balaban J connectivity index is 2.18. The molecule has 3 unspecified atom stereocenters. The minimum absolute atomic E-state index is 0.00682. The van der Waals surface area contributed by atoms with E-state index >= 15 is 0 Å². The van der Waals surface area contributed by atoms with Crippen molar-refractivity contribution >= 4 is 16.7 Å². The number of halogens is 1. The van der Waals surface area contributed by atoms with Gasteiger partial charge in [-0.05, 0) is 18.9 Å². The fraction of sp³-hybridized carbons (Fsp3) is 0.533. The molecule has 6 heteroatoms. The predicted octanol–water partition coefficient (Wildman–Crippen LogP) is 1.80. The van der Waals surface area contributed by atoms with Gasteiger partial charge in [0.05, 0.1) is 6.04 Å². The number of amides is 1. The second kappa shape index (κ2) is 7.13. The van der Waals surface area contributed by atoms with Crippen molar-refractivity contribution in [2.45, 2.75) is 32.0 Å². The molecule has 0 bridgehead atoms. The molecule has 1 amide bonds. The molecule has 1 saturated heterocycles. The lowest BCUT2D eigenvalue weighted by atomic mass is 10.1. The molecule has 1 aromatic rings. The van der Waals surface area contributed by atoms with Crippen LogP contribution in [0.1, 0.15) is 31.5 Å². The van der Waals surface area contributed by atoms with Gasteiger partial charge in [-0.3, -0.25) is 14.3 Å². The molecular formula is C15H21FN2O2S. The Hall–Kier alpha value is -1.27. The number of nitrogens with zero attached hydrogens (tertiary/aromatic N) is 1. The maximum atomic E-state index is 14.0. The van der Waals surface area contributed by atoms with Crippen molar-refractivity contribution in [1.29, 1.82) is 0 Å². The molecule has 1 heterocycles. The molecule has 2 rings (SSSR count). The van der Waals surface area contributed by atoms with Crippen molar-refractivity contribution < 1.29 is 13.4 Å². The van der Waals surface area contributed by atoms with E-state index in [9.17, 15) is 13.4 Å². The number of nitrogens with one attached hydrogen (secondary N) is 1. The molecule has 1 fully saturated rings. The van der Waals surface area contributed by atoms with E-state index in [1.54, 1.807) is 29.4 Å². The van der Waals surface area contributed by atoms with E-state index in [2.05, 4.69) is 5.32 Å². The Morgan fingerprint density at radius 2 is 2.10 bits per heavy atom. The van der Waals surface area contributed by atoms with Crippen LogP contribution in [0.3, 0.4) is 0 Å². The molecule has 3 atom stereocenters. The summed E-state index contributed by atoms with van der Waals surface area (Å²) in [5.74, 6) is 0.223. The van der Waals surface area contributed by atoms with Gasteiger partial charge in [-0.1, -0.05) is 25.1 Å². The Bertz CT molecular complexity index is 538. The van der Waals surface area contributed by atoms with Crippen molar-refractivity contribution in [3.8, 4) is 0 Å². The van der Waals surface area contributed by atoms with Gasteiger partial charge in [-0.15, -0.1) is 0 Å². The Labute approximate surface area is 127 Å². The smallest absolute Gasteiger partial charge is 0.241 e. The summed E-state index contributed by atoms with van der Waals surface area (Å²) < 4.78 is 25.2. The molecule has 0 aromatic heterocycles. The van der Waals surface area contributed by atoms with E-state index < -0.39 is 17.0 Å². The molecule has 1 aliphatic heterocycles. The fourth-order valence-corrected chi connectivity index (χ4v) is 3.14. The minimum atomic E-state index is -0.880. The quantitative estimate of drug-likeness (QED) is 0.871.